The third kappa shape index (κ3) is 2.44. The normalized spacial score (nSPS) is 9.80. The Kier molecular flexibility index (Phi) is 2.80. The summed E-state index contributed by atoms with van der Waals surface area (Å²) in [4.78, 5) is 0. The Morgan fingerprint density at radius 2 is 2.00 bits per heavy atom. The number of hydrogen-bond donors (Lipinski definition) is 0. The summed E-state index contributed by atoms with van der Waals surface area (Å²) in [5.41, 5.74) is 2.04. The van der Waals surface area contributed by atoms with Crippen LogP contribution in [0.2, 0.25) is 0 Å². The predicted octanol–water partition coefficient (Wildman–Crippen LogP) is 2.00. The summed E-state index contributed by atoms with van der Waals surface area (Å²) < 4.78 is 1.85. The first-order valence-corrected chi connectivity index (χ1v) is 4.81. The highest BCUT2D eigenvalue weighted by molar-refractivity contribution is 5.15. The largest absolute Gasteiger partial charge is 0.268 e. The van der Waals surface area contributed by atoms with Crippen LogP contribution in [0, 0.1) is 11.3 Å². The predicted molar refractivity (Wildman–Crippen MR) is 57.1 cm³/mol. The van der Waals surface area contributed by atoms with Crippen molar-refractivity contribution in [3.05, 3.63) is 53.9 Å². The average Bonchev–Trinajstić information content (AvgIpc) is 2.68. The molecule has 0 aliphatic carbocycles. The van der Waals surface area contributed by atoms with Crippen LogP contribution in [0.25, 0.3) is 0 Å². The Labute approximate surface area is 88.6 Å². The molecule has 3 heteroatoms. The van der Waals surface area contributed by atoms with Crippen LogP contribution < -0.4 is 0 Å². The summed E-state index contributed by atoms with van der Waals surface area (Å²) in [7, 11) is 0. The topological polar surface area (TPSA) is 41.6 Å². The molecule has 1 aromatic carbocycles. The van der Waals surface area contributed by atoms with Crippen LogP contribution in [0.3, 0.4) is 0 Å². The highest BCUT2D eigenvalue weighted by Gasteiger charge is 1.98. The molecule has 0 radical (unpaired) electrons. The van der Waals surface area contributed by atoms with E-state index in [1.165, 1.54) is 5.56 Å². The monoisotopic (exact) mass is 197 g/mol. The summed E-state index contributed by atoms with van der Waals surface area (Å²) in [6, 6.07) is 14.1. The van der Waals surface area contributed by atoms with Gasteiger partial charge in [0.2, 0.25) is 0 Å². The van der Waals surface area contributed by atoms with Gasteiger partial charge in [-0.25, -0.2) is 0 Å². The zero-order valence-corrected chi connectivity index (χ0v) is 8.30. The molecule has 74 valence electrons. The molecule has 0 unspecified atom stereocenters. The maximum absolute atomic E-state index is 8.52. The lowest BCUT2D eigenvalue weighted by Crippen LogP contribution is -2.00. The van der Waals surface area contributed by atoms with Crippen molar-refractivity contribution in [2.45, 2.75) is 13.0 Å². The Balaban J connectivity index is 2.09. The Morgan fingerprint density at radius 3 is 2.73 bits per heavy atom. The van der Waals surface area contributed by atoms with E-state index in [4.69, 9.17) is 5.26 Å². The Morgan fingerprint density at radius 1 is 1.20 bits per heavy atom. The zero-order valence-electron chi connectivity index (χ0n) is 8.30. The summed E-state index contributed by atoms with van der Waals surface area (Å²) in [6.07, 6.45) is 2.28. The molecular formula is C12H11N3. The molecule has 0 aliphatic rings. The highest BCUT2D eigenvalue weighted by Crippen LogP contribution is 2.03. The summed E-state index contributed by atoms with van der Waals surface area (Å²) in [5, 5.41) is 12.8. The van der Waals surface area contributed by atoms with Gasteiger partial charge in [0.15, 0.2) is 0 Å². The fraction of sp³-hybridized carbons (Fsp3) is 0.167. The van der Waals surface area contributed by atoms with Crippen LogP contribution in [0.5, 0.6) is 0 Å². The van der Waals surface area contributed by atoms with Crippen molar-refractivity contribution in [2.75, 3.05) is 0 Å². The van der Waals surface area contributed by atoms with Gasteiger partial charge in [0.25, 0.3) is 0 Å². The van der Waals surface area contributed by atoms with E-state index >= 15 is 0 Å². The molecule has 15 heavy (non-hydrogen) atoms. The minimum absolute atomic E-state index is 0.377. The smallest absolute Gasteiger partial charge is 0.0793 e. The highest BCUT2D eigenvalue weighted by atomic mass is 15.3. The number of rotatable bonds is 3. The fourth-order valence-corrected chi connectivity index (χ4v) is 1.44. The van der Waals surface area contributed by atoms with Crippen LogP contribution in [0.1, 0.15) is 11.3 Å². The van der Waals surface area contributed by atoms with Crippen molar-refractivity contribution in [3.8, 4) is 6.07 Å². The van der Waals surface area contributed by atoms with E-state index in [1.54, 1.807) is 0 Å². The van der Waals surface area contributed by atoms with Crippen LogP contribution in [0.4, 0.5) is 0 Å². The fourth-order valence-electron chi connectivity index (χ4n) is 1.44. The number of nitrogens with zero attached hydrogens (tertiary/aromatic N) is 3. The first kappa shape index (κ1) is 9.47. The second kappa shape index (κ2) is 4.43. The van der Waals surface area contributed by atoms with E-state index in [0.717, 1.165) is 12.2 Å². The quantitative estimate of drug-likeness (QED) is 0.755. The number of nitriles is 1. The van der Waals surface area contributed by atoms with E-state index in [2.05, 4.69) is 23.3 Å². The SMILES string of the molecule is N#CCc1ccn(Cc2ccccc2)n1. The second-order valence-corrected chi connectivity index (χ2v) is 3.33. The maximum Gasteiger partial charge on any atom is 0.0793 e. The molecule has 0 saturated heterocycles. The van der Waals surface area contributed by atoms with Gasteiger partial charge < -0.3 is 0 Å². The van der Waals surface area contributed by atoms with Crippen LogP contribution in [-0.4, -0.2) is 9.78 Å². The molecule has 1 heterocycles. The van der Waals surface area contributed by atoms with Gasteiger partial charge in [-0.05, 0) is 11.6 Å². The molecular weight excluding hydrogens is 186 g/mol. The molecule has 0 fully saturated rings. The van der Waals surface area contributed by atoms with Crippen molar-refractivity contribution in [1.82, 2.24) is 9.78 Å². The van der Waals surface area contributed by atoms with Crippen molar-refractivity contribution in [3.63, 3.8) is 0 Å². The second-order valence-electron chi connectivity index (χ2n) is 3.33. The van der Waals surface area contributed by atoms with Gasteiger partial charge in [0.1, 0.15) is 0 Å². The summed E-state index contributed by atoms with van der Waals surface area (Å²) in [6.45, 7) is 0.756. The standard InChI is InChI=1S/C12H11N3/c13-8-6-12-7-9-15(14-12)10-11-4-2-1-3-5-11/h1-5,7,9H,6,10H2. The van der Waals surface area contributed by atoms with Crippen molar-refractivity contribution in [2.24, 2.45) is 0 Å². The first-order valence-electron chi connectivity index (χ1n) is 4.81. The van der Waals surface area contributed by atoms with E-state index < -0.39 is 0 Å². The zero-order chi connectivity index (χ0) is 10.5. The molecule has 0 bridgehead atoms. The van der Waals surface area contributed by atoms with E-state index in [9.17, 15) is 0 Å². The van der Waals surface area contributed by atoms with Gasteiger partial charge in [-0.15, -0.1) is 0 Å². The molecule has 2 aromatic rings. The van der Waals surface area contributed by atoms with E-state index in [1.807, 2.05) is 35.1 Å². The Hall–Kier alpha value is -2.08. The van der Waals surface area contributed by atoms with Crippen molar-refractivity contribution < 1.29 is 0 Å². The third-order valence-electron chi connectivity index (χ3n) is 2.14. The number of benzene rings is 1. The van der Waals surface area contributed by atoms with Gasteiger partial charge in [-0.2, -0.15) is 10.4 Å². The average molecular weight is 197 g/mol. The van der Waals surface area contributed by atoms with Gasteiger partial charge in [0, 0.05) is 6.20 Å². The summed E-state index contributed by atoms with van der Waals surface area (Å²) >= 11 is 0. The van der Waals surface area contributed by atoms with Crippen LogP contribution >= 0.6 is 0 Å². The molecule has 0 atom stereocenters. The maximum atomic E-state index is 8.52. The lowest BCUT2D eigenvalue weighted by Gasteiger charge is -2.00. The van der Waals surface area contributed by atoms with Crippen LogP contribution in [-0.2, 0) is 13.0 Å². The lowest BCUT2D eigenvalue weighted by atomic mass is 10.2. The molecule has 1 aromatic heterocycles. The molecule has 0 spiro atoms. The van der Waals surface area contributed by atoms with Crippen molar-refractivity contribution >= 4 is 0 Å². The van der Waals surface area contributed by atoms with Crippen LogP contribution in [0.15, 0.2) is 42.6 Å². The number of hydrogen-bond acceptors (Lipinski definition) is 2. The van der Waals surface area contributed by atoms with E-state index in [-0.39, 0.29) is 0 Å². The lowest BCUT2D eigenvalue weighted by molar-refractivity contribution is 0.676. The summed E-state index contributed by atoms with van der Waals surface area (Å²) in [5.74, 6) is 0. The van der Waals surface area contributed by atoms with E-state index in [0.29, 0.717) is 6.42 Å². The van der Waals surface area contributed by atoms with Gasteiger partial charge >= 0.3 is 0 Å². The minimum atomic E-state index is 0.377. The molecule has 0 amide bonds. The molecule has 0 saturated carbocycles. The Bertz CT molecular complexity index is 465. The molecule has 0 N–H and O–H groups in total. The molecule has 0 aliphatic heterocycles. The molecule has 2 rings (SSSR count). The number of aromatic nitrogens is 2. The first-order chi connectivity index (χ1) is 7.38. The van der Waals surface area contributed by atoms with Gasteiger partial charge in [-0.3, -0.25) is 4.68 Å². The van der Waals surface area contributed by atoms with Crippen molar-refractivity contribution in [1.29, 1.82) is 5.26 Å². The van der Waals surface area contributed by atoms with Gasteiger partial charge in [-0.1, -0.05) is 30.3 Å². The minimum Gasteiger partial charge on any atom is -0.268 e. The van der Waals surface area contributed by atoms with Gasteiger partial charge in [0.05, 0.1) is 24.7 Å². The molecule has 3 nitrogen and oxygen atoms in total. The third-order valence-corrected chi connectivity index (χ3v) is 2.14.